The maximum absolute atomic E-state index is 13.5. The van der Waals surface area contributed by atoms with E-state index < -0.39 is 0 Å². The van der Waals surface area contributed by atoms with Crippen molar-refractivity contribution in [3.8, 4) is 11.4 Å². The average molecular weight is 483 g/mol. The Bertz CT molecular complexity index is 1510. The van der Waals surface area contributed by atoms with Crippen LogP contribution in [-0.2, 0) is 4.79 Å². The van der Waals surface area contributed by atoms with Crippen LogP contribution < -0.4 is 10.3 Å². The van der Waals surface area contributed by atoms with E-state index in [1.807, 2.05) is 50.2 Å². The predicted molar refractivity (Wildman–Crippen MR) is 141 cm³/mol. The first kappa shape index (κ1) is 23.7. The van der Waals surface area contributed by atoms with E-state index in [-0.39, 0.29) is 17.4 Å². The van der Waals surface area contributed by atoms with Gasteiger partial charge in [0.2, 0.25) is 0 Å². The lowest BCUT2D eigenvalue weighted by Crippen LogP contribution is -2.25. The third-order valence-electron chi connectivity index (χ3n) is 6.89. The van der Waals surface area contributed by atoms with Crippen molar-refractivity contribution >= 4 is 23.1 Å². The molecule has 36 heavy (non-hydrogen) atoms. The van der Waals surface area contributed by atoms with Crippen molar-refractivity contribution in [2.45, 2.75) is 58.8 Å². The smallest absolute Gasteiger partial charge is 0.308 e. The van der Waals surface area contributed by atoms with Crippen molar-refractivity contribution in [1.82, 2.24) is 14.2 Å². The molecule has 2 aromatic heterocycles. The molecular weight excluding hydrogens is 452 g/mol. The Morgan fingerprint density at radius 3 is 2.50 bits per heavy atom. The first-order valence-electron chi connectivity index (χ1n) is 12.5. The molecule has 0 N–H and O–H groups in total. The van der Waals surface area contributed by atoms with E-state index in [2.05, 4.69) is 10.6 Å². The molecule has 0 spiro atoms. The molecule has 0 aliphatic heterocycles. The molecule has 2 heterocycles. The molecule has 5 rings (SSSR count). The van der Waals surface area contributed by atoms with Crippen LogP contribution in [0.2, 0.25) is 0 Å². The summed E-state index contributed by atoms with van der Waals surface area (Å²) in [7, 11) is 0. The van der Waals surface area contributed by atoms with Gasteiger partial charge >= 0.3 is 5.97 Å². The number of hydrogen-bond acceptors (Lipinski definition) is 5. The summed E-state index contributed by atoms with van der Waals surface area (Å²) in [6, 6.07) is 16.9. The molecule has 7 nitrogen and oxygen atoms in total. The lowest BCUT2D eigenvalue weighted by Gasteiger charge is -2.22. The maximum Gasteiger partial charge on any atom is 0.308 e. The summed E-state index contributed by atoms with van der Waals surface area (Å²) >= 11 is 0. The molecule has 7 heteroatoms. The van der Waals surface area contributed by atoms with Gasteiger partial charge in [-0.2, -0.15) is 9.78 Å². The zero-order valence-corrected chi connectivity index (χ0v) is 20.9. The van der Waals surface area contributed by atoms with E-state index in [1.165, 1.54) is 18.0 Å². The highest BCUT2D eigenvalue weighted by molar-refractivity contribution is 5.82. The van der Waals surface area contributed by atoms with Gasteiger partial charge in [-0.05, 0) is 69.2 Å². The molecule has 0 bridgehead atoms. The fourth-order valence-electron chi connectivity index (χ4n) is 5.14. The van der Waals surface area contributed by atoms with Gasteiger partial charge in [-0.25, -0.2) is 4.98 Å². The van der Waals surface area contributed by atoms with Crippen LogP contribution in [-0.4, -0.2) is 26.4 Å². The van der Waals surface area contributed by atoms with Crippen LogP contribution in [0.5, 0.6) is 5.75 Å². The molecule has 1 aliphatic rings. The van der Waals surface area contributed by atoms with E-state index in [4.69, 9.17) is 14.8 Å². The predicted octanol–water partition coefficient (Wildman–Crippen LogP) is 5.66. The van der Waals surface area contributed by atoms with Crippen LogP contribution in [0, 0.1) is 13.8 Å². The summed E-state index contributed by atoms with van der Waals surface area (Å²) < 4.78 is 8.78. The number of aryl methyl sites for hydroxylation is 1. The standard InChI is InChI=1S/C29H30N4O3/c1-19-17-23(20(2)32(19)24-13-15-25(16-14-24)36-21(3)34)18-30-33-28(22-9-5-4-6-10-22)31-27-12-8-7-11-26(27)29(33)35/h7-8,11-18,22H,4-6,9-10H2,1-3H3. The Hall–Kier alpha value is -4.00. The Balaban J connectivity index is 1.54. The minimum absolute atomic E-state index is 0.132. The van der Waals surface area contributed by atoms with Crippen molar-refractivity contribution in [3.05, 3.63) is 87.7 Å². The van der Waals surface area contributed by atoms with E-state index in [0.29, 0.717) is 11.1 Å². The number of ether oxygens (including phenoxy) is 1. The Morgan fingerprint density at radius 1 is 1.06 bits per heavy atom. The molecule has 0 amide bonds. The van der Waals surface area contributed by atoms with Gasteiger partial charge in [0.15, 0.2) is 0 Å². The fraction of sp³-hybridized carbons (Fsp3) is 0.310. The SMILES string of the molecule is CC(=O)Oc1ccc(-n2c(C)cc(C=Nn3c(C4CCCCC4)nc4ccccc4c3=O)c2C)cc1. The third-order valence-corrected chi connectivity index (χ3v) is 6.89. The van der Waals surface area contributed by atoms with Crippen LogP contribution >= 0.6 is 0 Å². The molecule has 0 radical (unpaired) electrons. The van der Waals surface area contributed by atoms with Crippen molar-refractivity contribution in [1.29, 1.82) is 0 Å². The Labute approximate surface area is 210 Å². The summed E-state index contributed by atoms with van der Waals surface area (Å²) in [6.45, 7) is 5.44. The van der Waals surface area contributed by atoms with E-state index in [0.717, 1.165) is 59.7 Å². The normalized spacial score (nSPS) is 14.5. The van der Waals surface area contributed by atoms with E-state index in [9.17, 15) is 9.59 Å². The number of para-hydroxylation sites is 1. The zero-order valence-electron chi connectivity index (χ0n) is 20.9. The van der Waals surface area contributed by atoms with Crippen LogP contribution in [0.1, 0.15) is 67.7 Å². The monoisotopic (exact) mass is 482 g/mol. The number of esters is 1. The zero-order chi connectivity index (χ0) is 25.2. The molecule has 2 aromatic carbocycles. The van der Waals surface area contributed by atoms with Crippen LogP contribution in [0.3, 0.4) is 0 Å². The number of fused-ring (bicyclic) bond motifs is 1. The number of hydrogen-bond donors (Lipinski definition) is 0. The van der Waals surface area contributed by atoms with Crippen LogP contribution in [0.25, 0.3) is 16.6 Å². The number of nitrogens with zero attached hydrogens (tertiary/aromatic N) is 4. The molecule has 1 saturated carbocycles. The summed E-state index contributed by atoms with van der Waals surface area (Å²) in [5.41, 5.74) is 4.50. The van der Waals surface area contributed by atoms with Crippen molar-refractivity contribution in [2.75, 3.05) is 0 Å². The lowest BCUT2D eigenvalue weighted by atomic mass is 9.88. The van der Waals surface area contributed by atoms with Gasteiger partial charge in [0, 0.05) is 35.5 Å². The minimum Gasteiger partial charge on any atom is -0.427 e. The molecule has 1 aliphatic carbocycles. The van der Waals surface area contributed by atoms with Crippen molar-refractivity contribution in [3.63, 3.8) is 0 Å². The molecular formula is C29H30N4O3. The van der Waals surface area contributed by atoms with Gasteiger partial charge in [0.25, 0.3) is 5.56 Å². The van der Waals surface area contributed by atoms with Gasteiger partial charge in [-0.1, -0.05) is 31.4 Å². The Morgan fingerprint density at radius 2 is 1.78 bits per heavy atom. The summed E-state index contributed by atoms with van der Waals surface area (Å²) in [6.07, 6.45) is 7.33. The number of benzene rings is 2. The van der Waals surface area contributed by atoms with Crippen LogP contribution in [0.4, 0.5) is 0 Å². The van der Waals surface area contributed by atoms with Crippen molar-refractivity contribution < 1.29 is 9.53 Å². The summed E-state index contributed by atoms with van der Waals surface area (Å²) in [5.74, 6) is 1.15. The number of carbonyl (C=O) groups is 1. The van der Waals surface area contributed by atoms with Crippen molar-refractivity contribution in [2.24, 2.45) is 5.10 Å². The lowest BCUT2D eigenvalue weighted by molar-refractivity contribution is -0.131. The number of aromatic nitrogens is 3. The highest BCUT2D eigenvalue weighted by atomic mass is 16.5. The van der Waals surface area contributed by atoms with E-state index in [1.54, 1.807) is 18.3 Å². The van der Waals surface area contributed by atoms with Gasteiger partial charge in [0.1, 0.15) is 11.6 Å². The molecule has 4 aromatic rings. The highest BCUT2D eigenvalue weighted by Gasteiger charge is 2.22. The highest BCUT2D eigenvalue weighted by Crippen LogP contribution is 2.32. The van der Waals surface area contributed by atoms with Gasteiger partial charge < -0.3 is 9.30 Å². The third kappa shape index (κ3) is 4.61. The molecule has 0 atom stereocenters. The van der Waals surface area contributed by atoms with Gasteiger partial charge in [0.05, 0.1) is 17.1 Å². The number of carbonyl (C=O) groups excluding carboxylic acids is 1. The second kappa shape index (κ2) is 9.93. The Kier molecular flexibility index (Phi) is 6.55. The second-order valence-electron chi connectivity index (χ2n) is 9.43. The average Bonchev–Trinajstić information content (AvgIpc) is 3.16. The van der Waals surface area contributed by atoms with Gasteiger partial charge in [-0.3, -0.25) is 9.59 Å². The minimum atomic E-state index is -0.347. The maximum atomic E-state index is 13.5. The fourth-order valence-corrected chi connectivity index (χ4v) is 5.14. The molecule has 1 fully saturated rings. The molecule has 184 valence electrons. The largest absolute Gasteiger partial charge is 0.427 e. The molecule has 0 unspecified atom stereocenters. The quantitative estimate of drug-likeness (QED) is 0.209. The second-order valence-corrected chi connectivity index (χ2v) is 9.43. The molecule has 0 saturated heterocycles. The summed E-state index contributed by atoms with van der Waals surface area (Å²) in [5, 5.41) is 5.28. The summed E-state index contributed by atoms with van der Waals surface area (Å²) in [4.78, 5) is 29.6. The van der Waals surface area contributed by atoms with Gasteiger partial charge in [-0.15, -0.1) is 0 Å². The topological polar surface area (TPSA) is 78.5 Å². The van der Waals surface area contributed by atoms with Crippen LogP contribution in [0.15, 0.2) is 64.5 Å². The first-order chi connectivity index (χ1) is 17.4. The number of rotatable bonds is 5. The van der Waals surface area contributed by atoms with E-state index >= 15 is 0 Å². The first-order valence-corrected chi connectivity index (χ1v) is 12.5.